The molecule has 28 heavy (non-hydrogen) atoms. The Hall–Kier alpha value is -3.02. The van der Waals surface area contributed by atoms with Gasteiger partial charge in [0.05, 0.1) is 0 Å². The molecule has 0 saturated heterocycles. The molecule has 0 spiro atoms. The van der Waals surface area contributed by atoms with Crippen LogP contribution in [0.3, 0.4) is 0 Å². The number of urea groups is 1. The first-order chi connectivity index (χ1) is 13.1. The zero-order chi connectivity index (χ0) is 19.1. The van der Waals surface area contributed by atoms with Crippen molar-refractivity contribution in [1.82, 2.24) is 4.90 Å². The van der Waals surface area contributed by atoms with Crippen molar-refractivity contribution in [2.45, 2.75) is 19.6 Å². The van der Waals surface area contributed by atoms with E-state index < -0.39 is 6.03 Å². The highest BCUT2D eigenvalue weighted by atomic mass is 35.5. The Bertz CT molecular complexity index is 886. The Kier molecular flexibility index (Phi) is 7.87. The fraction of sp³-hybridized carbons (Fsp3) is 0.136. The molecule has 4 N–H and O–H groups in total. The van der Waals surface area contributed by atoms with Gasteiger partial charge in [-0.25, -0.2) is 4.79 Å². The highest BCUT2D eigenvalue weighted by Gasteiger charge is 2.12. The minimum Gasteiger partial charge on any atom is -0.457 e. The number of para-hydroxylation sites is 1. The maximum Gasteiger partial charge on any atom is 0.315 e. The van der Waals surface area contributed by atoms with Gasteiger partial charge in [-0.15, -0.1) is 12.4 Å². The average molecular weight is 398 g/mol. The summed E-state index contributed by atoms with van der Waals surface area (Å²) < 4.78 is 5.86. The van der Waals surface area contributed by atoms with Gasteiger partial charge in [-0.05, 0) is 41.0 Å². The molecule has 0 unspecified atom stereocenters. The number of nitrogens with two attached hydrogens (primary N) is 2. The summed E-state index contributed by atoms with van der Waals surface area (Å²) in [5.74, 6) is 1.48. The maximum absolute atomic E-state index is 11.9. The van der Waals surface area contributed by atoms with Gasteiger partial charge in [-0.3, -0.25) is 0 Å². The summed E-state index contributed by atoms with van der Waals surface area (Å²) in [5.41, 5.74) is 14.2. The van der Waals surface area contributed by atoms with Crippen molar-refractivity contribution in [2.75, 3.05) is 0 Å². The van der Waals surface area contributed by atoms with E-state index in [9.17, 15) is 4.79 Å². The Morgan fingerprint density at radius 3 is 2.04 bits per heavy atom. The molecule has 0 aliphatic carbocycles. The smallest absolute Gasteiger partial charge is 0.315 e. The molecule has 5 nitrogen and oxygen atoms in total. The lowest BCUT2D eigenvalue weighted by atomic mass is 10.1. The molecule has 3 aromatic rings. The van der Waals surface area contributed by atoms with Crippen LogP contribution in [-0.4, -0.2) is 10.9 Å². The van der Waals surface area contributed by atoms with Gasteiger partial charge in [0.25, 0.3) is 0 Å². The van der Waals surface area contributed by atoms with Crippen molar-refractivity contribution in [1.29, 1.82) is 0 Å². The number of benzene rings is 3. The van der Waals surface area contributed by atoms with Crippen LogP contribution in [0.2, 0.25) is 0 Å². The van der Waals surface area contributed by atoms with Crippen molar-refractivity contribution in [2.24, 2.45) is 11.5 Å². The van der Waals surface area contributed by atoms with Gasteiger partial charge in [0.2, 0.25) is 0 Å². The molecular weight excluding hydrogens is 374 g/mol. The Labute approximate surface area is 171 Å². The minimum absolute atomic E-state index is 0. The van der Waals surface area contributed by atoms with Crippen LogP contribution in [0.5, 0.6) is 11.5 Å². The number of halogens is 1. The molecular formula is C22H24ClN3O2. The summed E-state index contributed by atoms with van der Waals surface area (Å²) in [5, 5.41) is 0. The normalized spacial score (nSPS) is 10.0. The molecule has 0 fully saturated rings. The van der Waals surface area contributed by atoms with Gasteiger partial charge in [0.15, 0.2) is 0 Å². The second-order valence-corrected chi connectivity index (χ2v) is 6.28. The first kappa shape index (κ1) is 21.3. The largest absolute Gasteiger partial charge is 0.457 e. The van der Waals surface area contributed by atoms with Crippen LogP contribution >= 0.6 is 12.4 Å². The monoisotopic (exact) mass is 397 g/mol. The third-order valence-electron chi connectivity index (χ3n) is 4.19. The summed E-state index contributed by atoms with van der Waals surface area (Å²) in [4.78, 5) is 13.5. The van der Waals surface area contributed by atoms with E-state index in [0.29, 0.717) is 19.6 Å². The molecule has 0 aromatic heterocycles. The summed E-state index contributed by atoms with van der Waals surface area (Å²) in [6.07, 6.45) is 0. The fourth-order valence-electron chi connectivity index (χ4n) is 2.77. The van der Waals surface area contributed by atoms with Crippen LogP contribution in [0.4, 0.5) is 4.79 Å². The van der Waals surface area contributed by atoms with Crippen LogP contribution in [-0.2, 0) is 19.6 Å². The van der Waals surface area contributed by atoms with E-state index in [1.807, 2.05) is 78.9 Å². The molecule has 3 rings (SSSR count). The van der Waals surface area contributed by atoms with Gasteiger partial charge in [-0.1, -0.05) is 54.6 Å². The predicted molar refractivity (Wildman–Crippen MR) is 113 cm³/mol. The number of amides is 2. The van der Waals surface area contributed by atoms with E-state index in [1.165, 1.54) is 0 Å². The van der Waals surface area contributed by atoms with Crippen molar-refractivity contribution in [3.63, 3.8) is 0 Å². The van der Waals surface area contributed by atoms with E-state index in [0.717, 1.165) is 28.2 Å². The van der Waals surface area contributed by atoms with E-state index >= 15 is 0 Å². The zero-order valence-corrected chi connectivity index (χ0v) is 16.3. The third kappa shape index (κ3) is 6.01. The third-order valence-corrected chi connectivity index (χ3v) is 4.19. The highest BCUT2D eigenvalue weighted by Crippen LogP contribution is 2.22. The molecule has 146 valence electrons. The number of carbonyl (C=O) groups is 1. The topological polar surface area (TPSA) is 81.6 Å². The predicted octanol–water partition coefficient (Wildman–Crippen LogP) is 4.44. The van der Waals surface area contributed by atoms with E-state index in [4.69, 9.17) is 16.2 Å². The number of ether oxygens (including phenoxy) is 1. The molecule has 2 amide bonds. The van der Waals surface area contributed by atoms with Crippen molar-refractivity contribution in [3.8, 4) is 11.5 Å². The number of hydrogen-bond acceptors (Lipinski definition) is 3. The molecule has 0 aliphatic heterocycles. The number of carbonyl (C=O) groups excluding carboxylic acids is 1. The van der Waals surface area contributed by atoms with Crippen LogP contribution in [0, 0.1) is 0 Å². The summed E-state index contributed by atoms with van der Waals surface area (Å²) in [6.45, 7) is 1.33. The van der Waals surface area contributed by atoms with Gasteiger partial charge in [0, 0.05) is 19.6 Å². The van der Waals surface area contributed by atoms with E-state index in [-0.39, 0.29) is 12.4 Å². The lowest BCUT2D eigenvalue weighted by molar-refractivity contribution is 0.202. The highest BCUT2D eigenvalue weighted by molar-refractivity contribution is 5.85. The van der Waals surface area contributed by atoms with Gasteiger partial charge in [-0.2, -0.15) is 0 Å². The van der Waals surface area contributed by atoms with Crippen LogP contribution in [0.15, 0.2) is 78.9 Å². The van der Waals surface area contributed by atoms with Crippen LogP contribution < -0.4 is 16.2 Å². The van der Waals surface area contributed by atoms with E-state index in [2.05, 4.69) is 0 Å². The Morgan fingerprint density at radius 2 is 1.39 bits per heavy atom. The number of hydrogen-bond donors (Lipinski definition) is 2. The SMILES string of the molecule is Cl.NCc1ccc(CN(Cc2cccc(Oc3ccccc3)c2)C(N)=O)cc1. The first-order valence-electron chi connectivity index (χ1n) is 8.78. The van der Waals surface area contributed by atoms with Crippen molar-refractivity contribution < 1.29 is 9.53 Å². The zero-order valence-electron chi connectivity index (χ0n) is 15.5. The lowest BCUT2D eigenvalue weighted by Crippen LogP contribution is -2.34. The fourth-order valence-corrected chi connectivity index (χ4v) is 2.77. The second kappa shape index (κ2) is 10.3. The standard InChI is InChI=1S/C22H23N3O2.ClH/c23-14-17-9-11-18(12-10-17)15-25(22(24)26)16-19-5-4-8-21(13-19)27-20-6-2-1-3-7-20;/h1-13H,14-16,23H2,(H2,24,26);1H. The van der Waals surface area contributed by atoms with Crippen LogP contribution in [0.1, 0.15) is 16.7 Å². The number of primary amides is 1. The Balaban J connectivity index is 0.00000280. The van der Waals surface area contributed by atoms with Crippen LogP contribution in [0.25, 0.3) is 0 Å². The van der Waals surface area contributed by atoms with Gasteiger partial charge >= 0.3 is 6.03 Å². The molecule has 3 aromatic carbocycles. The molecule has 0 saturated carbocycles. The Morgan fingerprint density at radius 1 is 0.786 bits per heavy atom. The van der Waals surface area contributed by atoms with Gasteiger partial charge in [0.1, 0.15) is 11.5 Å². The molecule has 6 heteroatoms. The average Bonchev–Trinajstić information content (AvgIpc) is 2.69. The number of rotatable bonds is 7. The van der Waals surface area contributed by atoms with Crippen molar-refractivity contribution >= 4 is 18.4 Å². The summed E-state index contributed by atoms with van der Waals surface area (Å²) >= 11 is 0. The maximum atomic E-state index is 11.9. The van der Waals surface area contributed by atoms with E-state index in [1.54, 1.807) is 4.90 Å². The second-order valence-electron chi connectivity index (χ2n) is 6.28. The molecule has 0 atom stereocenters. The lowest BCUT2D eigenvalue weighted by Gasteiger charge is -2.21. The molecule has 0 aliphatic rings. The first-order valence-corrected chi connectivity index (χ1v) is 8.78. The van der Waals surface area contributed by atoms with Crippen molar-refractivity contribution in [3.05, 3.63) is 95.6 Å². The molecule has 0 radical (unpaired) electrons. The molecule has 0 bridgehead atoms. The number of nitrogens with zero attached hydrogens (tertiary/aromatic N) is 1. The molecule has 0 heterocycles. The summed E-state index contributed by atoms with van der Waals surface area (Å²) in [7, 11) is 0. The van der Waals surface area contributed by atoms with Gasteiger partial charge < -0.3 is 21.1 Å². The minimum atomic E-state index is -0.465. The quantitative estimate of drug-likeness (QED) is 0.618. The summed E-state index contributed by atoms with van der Waals surface area (Å²) in [6, 6.07) is 24.6.